The minimum absolute atomic E-state index is 0.227. The maximum absolute atomic E-state index is 8.77. The molecule has 6 nitrogen and oxygen atoms in total. The van der Waals surface area contributed by atoms with Crippen LogP contribution in [0, 0.1) is 0 Å². The second-order valence-electron chi connectivity index (χ2n) is 4.13. The normalized spacial score (nSPS) is 11.0. The van der Waals surface area contributed by atoms with E-state index in [1.54, 1.807) is 12.7 Å². The number of unbranched alkanes of at least 4 members (excludes halogenated alkanes) is 1. The number of fused-ring (bicyclic) bond motifs is 1. The van der Waals surface area contributed by atoms with Crippen molar-refractivity contribution in [2.24, 2.45) is 0 Å². The number of rotatable bonds is 5. The fraction of sp³-hybridized carbons (Fsp3) is 0.545. The van der Waals surface area contributed by atoms with Gasteiger partial charge in [0.15, 0.2) is 17.0 Å². The molecule has 2 heterocycles. The molecular weight excluding hydrogens is 218 g/mol. The molecule has 0 amide bonds. The lowest BCUT2D eigenvalue weighted by atomic mass is 10.3. The van der Waals surface area contributed by atoms with Crippen LogP contribution < -0.4 is 4.90 Å². The number of hydrogen-bond donors (Lipinski definition) is 1. The van der Waals surface area contributed by atoms with Crippen LogP contribution in [0.4, 0.5) is 5.82 Å². The number of nitrogens with zero attached hydrogens (tertiary/aromatic N) is 5. The van der Waals surface area contributed by atoms with E-state index in [-0.39, 0.29) is 6.61 Å². The van der Waals surface area contributed by atoms with Crippen molar-refractivity contribution in [3.8, 4) is 0 Å². The van der Waals surface area contributed by atoms with Crippen LogP contribution in [0.15, 0.2) is 12.7 Å². The van der Waals surface area contributed by atoms with E-state index in [1.165, 1.54) is 0 Å². The summed E-state index contributed by atoms with van der Waals surface area (Å²) in [6.07, 6.45) is 5.06. The quantitative estimate of drug-likeness (QED) is 0.771. The smallest absolute Gasteiger partial charge is 0.165 e. The molecule has 0 aliphatic carbocycles. The first-order chi connectivity index (χ1) is 8.24. The summed E-state index contributed by atoms with van der Waals surface area (Å²) in [7, 11) is 3.87. The summed E-state index contributed by atoms with van der Waals surface area (Å²) in [5, 5.41) is 8.77. The first kappa shape index (κ1) is 11.8. The Bertz CT molecular complexity index is 494. The van der Waals surface area contributed by atoms with Gasteiger partial charge in [0, 0.05) is 27.2 Å². The van der Waals surface area contributed by atoms with Gasteiger partial charge in [0.25, 0.3) is 0 Å². The summed E-state index contributed by atoms with van der Waals surface area (Å²) in [4.78, 5) is 14.8. The van der Waals surface area contributed by atoms with Gasteiger partial charge in [-0.25, -0.2) is 15.0 Å². The summed E-state index contributed by atoms with van der Waals surface area (Å²) >= 11 is 0. The summed E-state index contributed by atoms with van der Waals surface area (Å²) in [5.74, 6) is 0.830. The van der Waals surface area contributed by atoms with Crippen molar-refractivity contribution in [1.29, 1.82) is 0 Å². The maximum atomic E-state index is 8.77. The monoisotopic (exact) mass is 235 g/mol. The zero-order valence-corrected chi connectivity index (χ0v) is 10.2. The Morgan fingerprint density at radius 2 is 2.06 bits per heavy atom. The molecule has 0 bridgehead atoms. The van der Waals surface area contributed by atoms with Gasteiger partial charge in [0.05, 0.1) is 6.33 Å². The van der Waals surface area contributed by atoms with E-state index in [4.69, 9.17) is 5.11 Å². The molecule has 0 aromatic carbocycles. The standard InChI is InChI=1S/C11H17N5O/c1-15(2)10-9-11(13-7-12-10)16(8-14-9)5-3-4-6-17/h7-8,17H,3-6H2,1-2H3. The summed E-state index contributed by atoms with van der Waals surface area (Å²) in [5.41, 5.74) is 1.67. The Labute approximate surface area is 99.9 Å². The molecule has 0 aliphatic heterocycles. The Morgan fingerprint density at radius 3 is 2.76 bits per heavy atom. The molecule has 0 radical (unpaired) electrons. The highest BCUT2D eigenvalue weighted by Gasteiger charge is 2.10. The van der Waals surface area contributed by atoms with E-state index in [2.05, 4.69) is 15.0 Å². The van der Waals surface area contributed by atoms with Crippen LogP contribution in [0.2, 0.25) is 0 Å². The van der Waals surface area contributed by atoms with Crippen molar-refractivity contribution >= 4 is 17.0 Å². The third-order valence-electron chi connectivity index (χ3n) is 2.61. The molecule has 0 aliphatic rings. The molecule has 1 N–H and O–H groups in total. The van der Waals surface area contributed by atoms with Crippen LogP contribution in [0.25, 0.3) is 11.2 Å². The van der Waals surface area contributed by atoms with Gasteiger partial charge in [-0.2, -0.15) is 0 Å². The molecular formula is C11H17N5O. The predicted octanol–water partition coefficient (Wildman–Crippen LogP) is 0.665. The number of imidazole rings is 1. The lowest BCUT2D eigenvalue weighted by molar-refractivity contribution is 0.281. The van der Waals surface area contributed by atoms with Gasteiger partial charge in [0.2, 0.25) is 0 Å². The topological polar surface area (TPSA) is 67.1 Å². The van der Waals surface area contributed by atoms with Gasteiger partial charge in [0.1, 0.15) is 6.33 Å². The summed E-state index contributed by atoms with van der Waals surface area (Å²) < 4.78 is 2.00. The van der Waals surface area contributed by atoms with Crippen LogP contribution >= 0.6 is 0 Å². The molecule has 0 fully saturated rings. The molecule has 0 saturated carbocycles. The molecule has 0 atom stereocenters. The Balaban J connectivity index is 2.31. The van der Waals surface area contributed by atoms with E-state index < -0.39 is 0 Å². The molecule has 0 spiro atoms. The SMILES string of the molecule is CN(C)c1ncnc2c1ncn2CCCCO. The van der Waals surface area contributed by atoms with Crippen LogP contribution in [-0.2, 0) is 6.54 Å². The van der Waals surface area contributed by atoms with E-state index in [9.17, 15) is 0 Å². The first-order valence-corrected chi connectivity index (χ1v) is 5.68. The number of aliphatic hydroxyl groups excluding tert-OH is 1. The highest BCUT2D eigenvalue weighted by molar-refractivity contribution is 5.82. The van der Waals surface area contributed by atoms with Crippen molar-refractivity contribution in [3.05, 3.63) is 12.7 Å². The lowest BCUT2D eigenvalue weighted by Gasteiger charge is -2.10. The second kappa shape index (κ2) is 5.09. The molecule has 0 unspecified atom stereocenters. The zero-order valence-electron chi connectivity index (χ0n) is 10.2. The van der Waals surface area contributed by atoms with Gasteiger partial charge in [-0.05, 0) is 12.8 Å². The molecule has 6 heteroatoms. The number of anilines is 1. The molecule has 2 aromatic rings. The molecule has 17 heavy (non-hydrogen) atoms. The van der Waals surface area contributed by atoms with E-state index >= 15 is 0 Å². The number of aromatic nitrogens is 4. The van der Waals surface area contributed by atoms with Crippen molar-refractivity contribution < 1.29 is 5.11 Å². The van der Waals surface area contributed by atoms with Crippen molar-refractivity contribution in [2.45, 2.75) is 19.4 Å². The first-order valence-electron chi connectivity index (χ1n) is 5.68. The minimum atomic E-state index is 0.227. The third-order valence-corrected chi connectivity index (χ3v) is 2.61. The molecule has 0 saturated heterocycles. The Morgan fingerprint density at radius 1 is 1.24 bits per heavy atom. The Kier molecular flexibility index (Phi) is 3.53. The van der Waals surface area contributed by atoms with Crippen molar-refractivity contribution in [3.63, 3.8) is 0 Å². The highest BCUT2D eigenvalue weighted by atomic mass is 16.2. The van der Waals surface area contributed by atoms with Gasteiger partial charge < -0.3 is 14.6 Å². The maximum Gasteiger partial charge on any atom is 0.165 e. The molecule has 2 rings (SSSR count). The number of aryl methyl sites for hydroxylation is 1. The van der Waals surface area contributed by atoms with Crippen molar-refractivity contribution in [1.82, 2.24) is 19.5 Å². The minimum Gasteiger partial charge on any atom is -0.396 e. The average molecular weight is 235 g/mol. The van der Waals surface area contributed by atoms with Crippen molar-refractivity contribution in [2.75, 3.05) is 25.6 Å². The van der Waals surface area contributed by atoms with Gasteiger partial charge in [-0.1, -0.05) is 0 Å². The summed E-state index contributed by atoms with van der Waals surface area (Å²) in [6.45, 7) is 1.05. The molecule has 92 valence electrons. The van der Waals surface area contributed by atoms with Gasteiger partial charge in [-0.15, -0.1) is 0 Å². The van der Waals surface area contributed by atoms with Gasteiger partial charge in [-0.3, -0.25) is 0 Å². The Hall–Kier alpha value is -1.69. The highest BCUT2D eigenvalue weighted by Crippen LogP contribution is 2.19. The van der Waals surface area contributed by atoms with Gasteiger partial charge >= 0.3 is 0 Å². The summed E-state index contributed by atoms with van der Waals surface area (Å²) in [6, 6.07) is 0. The fourth-order valence-corrected chi connectivity index (χ4v) is 1.75. The van der Waals surface area contributed by atoms with E-state index in [0.717, 1.165) is 36.4 Å². The molecule has 2 aromatic heterocycles. The van der Waals surface area contributed by atoms with Crippen LogP contribution in [0.1, 0.15) is 12.8 Å². The van der Waals surface area contributed by atoms with Crippen LogP contribution in [0.5, 0.6) is 0 Å². The average Bonchev–Trinajstić information content (AvgIpc) is 2.72. The number of hydrogen-bond acceptors (Lipinski definition) is 5. The predicted molar refractivity (Wildman–Crippen MR) is 66.0 cm³/mol. The fourth-order valence-electron chi connectivity index (χ4n) is 1.75. The zero-order chi connectivity index (χ0) is 12.3. The van der Waals surface area contributed by atoms with Crippen LogP contribution in [-0.4, -0.2) is 45.3 Å². The third kappa shape index (κ3) is 2.36. The number of aliphatic hydroxyl groups is 1. The largest absolute Gasteiger partial charge is 0.396 e. The lowest BCUT2D eigenvalue weighted by Crippen LogP contribution is -2.11. The van der Waals surface area contributed by atoms with Crippen LogP contribution in [0.3, 0.4) is 0 Å². The van der Waals surface area contributed by atoms with E-state index in [0.29, 0.717) is 0 Å². The second-order valence-corrected chi connectivity index (χ2v) is 4.13. The van der Waals surface area contributed by atoms with E-state index in [1.807, 2.05) is 23.6 Å².